The van der Waals surface area contributed by atoms with Gasteiger partial charge in [-0.15, -0.1) is 0 Å². The Labute approximate surface area is 61.5 Å². The lowest BCUT2D eigenvalue weighted by Gasteiger charge is -1.91. The van der Waals surface area contributed by atoms with E-state index in [9.17, 15) is 0 Å². The first kappa shape index (κ1) is 4.51. The molecule has 0 bridgehead atoms. The van der Waals surface area contributed by atoms with E-state index < -0.39 is 0 Å². The number of benzene rings is 2. The summed E-state index contributed by atoms with van der Waals surface area (Å²) in [6, 6.07) is 15.0. The van der Waals surface area contributed by atoms with Gasteiger partial charge in [-0.25, -0.2) is 0 Å². The number of fused-ring (bicyclic) bond motifs is 1. The van der Waals surface area contributed by atoms with Crippen molar-refractivity contribution in [2.45, 2.75) is 0 Å². The lowest BCUT2D eigenvalue weighted by molar-refractivity contribution is 1.74. The van der Waals surface area contributed by atoms with Crippen LogP contribution in [0.5, 0.6) is 0 Å². The average molecular weight is 128 g/mol. The molecule has 0 heterocycles. The Balaban J connectivity index is 2.83. The van der Waals surface area contributed by atoms with Crippen molar-refractivity contribution in [3.05, 3.63) is 48.5 Å². The van der Waals surface area contributed by atoms with Gasteiger partial charge in [-0.2, -0.15) is 0 Å². The van der Waals surface area contributed by atoms with E-state index in [1.807, 2.05) is 30.3 Å². The molecule has 10 heavy (non-hydrogen) atoms. The highest BCUT2D eigenvalue weighted by atomic mass is 13.9. The molecule has 0 heteroatoms. The van der Waals surface area contributed by atoms with Crippen molar-refractivity contribution >= 4 is 10.8 Å². The van der Waals surface area contributed by atoms with Crippen molar-refractivity contribution in [1.82, 2.24) is 0 Å². The van der Waals surface area contributed by atoms with Gasteiger partial charge in [-0.1, -0.05) is 42.4 Å². The Kier molecular flexibility index (Phi) is 0.966. The molecule has 0 aliphatic rings. The van der Waals surface area contributed by atoms with Gasteiger partial charge in [0.05, 0.1) is 1.37 Å². The summed E-state index contributed by atoms with van der Waals surface area (Å²) in [4.78, 5) is 0. The molecule has 0 spiro atoms. The smallest absolute Gasteiger partial charge is 0.0616 e. The third-order valence-corrected chi connectivity index (χ3v) is 1.51. The third-order valence-electron chi connectivity index (χ3n) is 1.51. The summed E-state index contributed by atoms with van der Waals surface area (Å²) in [5.41, 5.74) is 0. The normalized spacial score (nSPS) is 11.4. The van der Waals surface area contributed by atoms with Crippen LogP contribution in [-0.2, 0) is 0 Å². The van der Waals surface area contributed by atoms with Crippen molar-refractivity contribution in [2.75, 3.05) is 0 Å². The van der Waals surface area contributed by atoms with Crippen molar-refractivity contribution in [3.8, 4) is 0 Å². The minimum absolute atomic E-state index is 0.448. The molecule has 0 atom stereocenters. The van der Waals surface area contributed by atoms with Crippen LogP contribution in [0.2, 0.25) is 0 Å². The van der Waals surface area contributed by atoms with Gasteiger partial charge in [0.1, 0.15) is 0 Å². The molecule has 0 fully saturated rings. The maximum absolute atomic E-state index is 7.32. The van der Waals surface area contributed by atoms with Crippen molar-refractivity contribution in [1.29, 1.82) is 0 Å². The Morgan fingerprint density at radius 1 is 1.10 bits per heavy atom. The van der Waals surface area contributed by atoms with E-state index in [1.54, 1.807) is 6.07 Å². The number of hydrogen-bond donors (Lipinski definition) is 0. The molecule has 0 unspecified atom stereocenters. The van der Waals surface area contributed by atoms with Crippen LogP contribution in [0.15, 0.2) is 42.4 Å². The molecule has 1 radical (unpaired) electrons. The summed E-state index contributed by atoms with van der Waals surface area (Å²) in [5.74, 6) is 0. The van der Waals surface area contributed by atoms with Gasteiger partial charge in [-0.05, 0) is 16.8 Å². The second kappa shape index (κ2) is 2.14. The summed E-state index contributed by atoms with van der Waals surface area (Å²) in [6.07, 6.45) is 0. The lowest BCUT2D eigenvalue weighted by Crippen LogP contribution is -1.67. The van der Waals surface area contributed by atoms with Crippen molar-refractivity contribution in [2.24, 2.45) is 0 Å². The molecule has 0 saturated heterocycles. The van der Waals surface area contributed by atoms with Crippen LogP contribution in [0.4, 0.5) is 0 Å². The molecule has 0 nitrogen and oxygen atoms in total. The first-order chi connectivity index (χ1) is 5.36. The molecule has 0 aliphatic heterocycles. The number of rotatable bonds is 0. The quantitative estimate of drug-likeness (QED) is 0.511. The molecule has 0 aliphatic carbocycles. The Hall–Kier alpha value is -1.30. The van der Waals surface area contributed by atoms with E-state index in [-0.39, 0.29) is 0 Å². The average Bonchev–Trinajstić information content (AvgIpc) is 2.04. The molecule has 2 rings (SSSR count). The van der Waals surface area contributed by atoms with Crippen LogP contribution < -0.4 is 0 Å². The summed E-state index contributed by atoms with van der Waals surface area (Å²) in [7, 11) is 0. The predicted octanol–water partition coefficient (Wildman–Crippen LogP) is 2.64. The van der Waals surface area contributed by atoms with Gasteiger partial charge in [0, 0.05) is 0 Å². The van der Waals surface area contributed by atoms with Gasteiger partial charge in [-0.3, -0.25) is 0 Å². The fourth-order valence-corrected chi connectivity index (χ4v) is 1.01. The van der Waals surface area contributed by atoms with Crippen LogP contribution in [-0.4, -0.2) is 0 Å². The maximum atomic E-state index is 7.32. The standard InChI is InChI=1S/C10H7/c1-2-6-10-8-4-3-7-9(10)5-1/h1-7H/i4D. The maximum Gasteiger partial charge on any atom is 0.0629 e. The van der Waals surface area contributed by atoms with E-state index in [0.29, 0.717) is 6.04 Å². The van der Waals surface area contributed by atoms with E-state index in [2.05, 4.69) is 6.07 Å². The molecule has 0 aromatic heterocycles. The van der Waals surface area contributed by atoms with Gasteiger partial charge >= 0.3 is 0 Å². The minimum atomic E-state index is 0.448. The van der Waals surface area contributed by atoms with Crippen molar-refractivity contribution in [3.63, 3.8) is 0 Å². The second-order valence-electron chi connectivity index (χ2n) is 2.19. The Bertz CT molecular complexity index is 379. The van der Waals surface area contributed by atoms with Gasteiger partial charge in [0.25, 0.3) is 0 Å². The van der Waals surface area contributed by atoms with Crippen LogP contribution in [0.25, 0.3) is 10.8 Å². The fourth-order valence-electron chi connectivity index (χ4n) is 1.01. The van der Waals surface area contributed by atoms with Gasteiger partial charge in [0.15, 0.2) is 0 Å². The molecule has 0 saturated carbocycles. The van der Waals surface area contributed by atoms with E-state index >= 15 is 0 Å². The molecule has 2 aromatic carbocycles. The molecular formula is C10H7. The Morgan fingerprint density at radius 3 is 2.90 bits per heavy atom. The number of hydrogen-bond acceptors (Lipinski definition) is 0. The molecule has 0 amide bonds. The first-order valence-electron chi connectivity index (χ1n) is 3.74. The zero-order chi connectivity index (χ0) is 7.68. The van der Waals surface area contributed by atoms with Crippen LogP contribution in [0, 0.1) is 6.07 Å². The van der Waals surface area contributed by atoms with Crippen molar-refractivity contribution < 1.29 is 1.37 Å². The zero-order valence-electron chi connectivity index (χ0n) is 6.46. The molecule has 0 N–H and O–H groups in total. The molecular weight excluding hydrogens is 120 g/mol. The zero-order valence-corrected chi connectivity index (χ0v) is 5.46. The summed E-state index contributed by atoms with van der Waals surface area (Å²) < 4.78 is 7.32. The fraction of sp³-hybridized carbons (Fsp3) is 0. The van der Waals surface area contributed by atoms with Gasteiger partial charge < -0.3 is 0 Å². The van der Waals surface area contributed by atoms with Gasteiger partial charge in [0.2, 0.25) is 0 Å². The van der Waals surface area contributed by atoms with Crippen LogP contribution in [0.1, 0.15) is 1.37 Å². The highest BCUT2D eigenvalue weighted by Gasteiger charge is 1.85. The molecule has 2 aromatic rings. The van der Waals surface area contributed by atoms with E-state index in [4.69, 9.17) is 1.37 Å². The second-order valence-corrected chi connectivity index (χ2v) is 2.19. The highest BCUT2D eigenvalue weighted by Crippen LogP contribution is 2.10. The molecule has 47 valence electrons. The van der Waals surface area contributed by atoms with E-state index in [1.165, 1.54) is 0 Å². The summed E-state index contributed by atoms with van der Waals surface area (Å²) in [5, 5.41) is 2.16. The third kappa shape index (κ3) is 0.781. The van der Waals surface area contributed by atoms with Crippen LogP contribution in [0.3, 0.4) is 0 Å². The van der Waals surface area contributed by atoms with E-state index in [0.717, 1.165) is 10.8 Å². The topological polar surface area (TPSA) is 0 Å². The summed E-state index contributed by atoms with van der Waals surface area (Å²) in [6.45, 7) is 0. The predicted molar refractivity (Wildman–Crippen MR) is 42.8 cm³/mol. The summed E-state index contributed by atoms with van der Waals surface area (Å²) >= 11 is 0. The van der Waals surface area contributed by atoms with Crippen LogP contribution >= 0.6 is 0 Å². The highest BCUT2D eigenvalue weighted by molar-refractivity contribution is 5.81. The monoisotopic (exact) mass is 128 g/mol. The largest absolute Gasteiger partial charge is 0.0629 e. The minimum Gasteiger partial charge on any atom is -0.0616 e. The lowest BCUT2D eigenvalue weighted by atomic mass is 10.1. The SMILES string of the molecule is [2H]c1[c]c2ccccc2cc1. The Morgan fingerprint density at radius 2 is 1.90 bits per heavy atom. The first-order valence-corrected chi connectivity index (χ1v) is 3.24.